The average molecular weight is 565 g/mol. The molecule has 1 amide bonds. The normalized spacial score (nSPS) is 11.6. The molecule has 0 fully saturated rings. The number of sulfonamides is 1. The van der Waals surface area contributed by atoms with E-state index in [1.807, 2.05) is 31.2 Å². The van der Waals surface area contributed by atoms with Crippen LogP contribution in [0.5, 0.6) is 5.75 Å². The Morgan fingerprint density at radius 2 is 1.76 bits per heavy atom. The highest BCUT2D eigenvalue weighted by Crippen LogP contribution is 2.21. The molecule has 0 radical (unpaired) electrons. The molecule has 3 aromatic carbocycles. The monoisotopic (exact) mass is 563 g/mol. The van der Waals surface area contributed by atoms with Crippen LogP contribution in [-0.2, 0) is 21.4 Å². The first kappa shape index (κ1) is 25.9. The maximum Gasteiger partial charge on any atom is 0.255 e. The van der Waals surface area contributed by atoms with E-state index >= 15 is 0 Å². The Kier molecular flexibility index (Phi) is 9.23. The van der Waals surface area contributed by atoms with Crippen LogP contribution in [0.25, 0.3) is 0 Å². The number of hydrogen-bond acceptors (Lipinski definition) is 5. The Morgan fingerprint density at radius 3 is 2.44 bits per heavy atom. The third kappa shape index (κ3) is 7.14. The van der Waals surface area contributed by atoms with Gasteiger partial charge < -0.3 is 4.74 Å². The number of nitrogens with one attached hydrogen (secondary N) is 1. The van der Waals surface area contributed by atoms with Crippen molar-refractivity contribution in [1.29, 1.82) is 0 Å². The average Bonchev–Trinajstić information content (AvgIpc) is 2.81. The van der Waals surface area contributed by atoms with Gasteiger partial charge in [0.2, 0.25) is 10.0 Å². The Morgan fingerprint density at radius 1 is 1.09 bits per heavy atom. The van der Waals surface area contributed by atoms with Crippen molar-refractivity contribution >= 4 is 49.7 Å². The van der Waals surface area contributed by atoms with Gasteiger partial charge in [0.05, 0.1) is 24.3 Å². The standard InChI is InChI=1S/C24H23BrClN3O4S/c1-2-33-23-6-4-3-5-19(23)15-27-28-24(30)17-29(16-18-7-9-20(25)10-8-18)34(31,32)22-13-11-21(26)12-14-22/h3-15H,2,16-17H2,1H3,(H,28,30)/b27-15-. The third-order valence-electron chi connectivity index (χ3n) is 4.66. The van der Waals surface area contributed by atoms with Gasteiger partial charge in [-0.05, 0) is 61.0 Å². The molecular weight excluding hydrogens is 542 g/mol. The maximum absolute atomic E-state index is 13.3. The molecule has 0 aliphatic heterocycles. The van der Waals surface area contributed by atoms with Gasteiger partial charge >= 0.3 is 0 Å². The molecule has 7 nitrogen and oxygen atoms in total. The molecule has 0 aliphatic carbocycles. The minimum Gasteiger partial charge on any atom is -0.493 e. The second kappa shape index (κ2) is 12.1. The van der Waals surface area contributed by atoms with Crippen LogP contribution in [0.4, 0.5) is 0 Å². The zero-order valence-electron chi connectivity index (χ0n) is 18.3. The number of carbonyl (C=O) groups excluding carboxylic acids is 1. The van der Waals surface area contributed by atoms with Crippen molar-refractivity contribution in [3.8, 4) is 5.75 Å². The number of nitrogens with zero attached hydrogens (tertiary/aromatic N) is 2. The van der Waals surface area contributed by atoms with Crippen LogP contribution in [0.15, 0.2) is 87.3 Å². The first-order valence-electron chi connectivity index (χ1n) is 10.3. The van der Waals surface area contributed by atoms with Crippen LogP contribution < -0.4 is 10.2 Å². The quantitative estimate of drug-likeness (QED) is 0.282. The number of hydrazone groups is 1. The summed E-state index contributed by atoms with van der Waals surface area (Å²) in [5.41, 5.74) is 3.81. The number of halogens is 2. The van der Waals surface area contributed by atoms with Crippen LogP contribution in [-0.4, -0.2) is 38.0 Å². The minimum atomic E-state index is -3.98. The summed E-state index contributed by atoms with van der Waals surface area (Å²) in [6.45, 7) is 1.94. The number of ether oxygens (including phenoxy) is 1. The van der Waals surface area contributed by atoms with Crippen LogP contribution in [0.2, 0.25) is 5.02 Å². The zero-order chi connectivity index (χ0) is 24.6. The fourth-order valence-electron chi connectivity index (χ4n) is 3.02. The van der Waals surface area contributed by atoms with Gasteiger partial charge in [0, 0.05) is 21.6 Å². The number of para-hydroxylation sites is 1. The molecule has 3 aromatic rings. The fraction of sp³-hybridized carbons (Fsp3) is 0.167. The highest BCUT2D eigenvalue weighted by Gasteiger charge is 2.27. The number of rotatable bonds is 10. The first-order chi connectivity index (χ1) is 16.3. The largest absolute Gasteiger partial charge is 0.493 e. The van der Waals surface area contributed by atoms with Gasteiger partial charge in [0.25, 0.3) is 5.91 Å². The molecule has 1 N–H and O–H groups in total. The molecule has 0 spiro atoms. The molecule has 0 aliphatic rings. The van der Waals surface area contributed by atoms with E-state index in [-0.39, 0.29) is 11.4 Å². The van der Waals surface area contributed by atoms with E-state index in [1.54, 1.807) is 24.3 Å². The molecule has 34 heavy (non-hydrogen) atoms. The predicted molar refractivity (Wildman–Crippen MR) is 137 cm³/mol. The fourth-order valence-corrected chi connectivity index (χ4v) is 4.79. The van der Waals surface area contributed by atoms with Crippen molar-refractivity contribution in [1.82, 2.24) is 9.73 Å². The Balaban J connectivity index is 1.78. The summed E-state index contributed by atoms with van der Waals surface area (Å²) in [6, 6.07) is 20.2. The zero-order valence-corrected chi connectivity index (χ0v) is 21.5. The summed E-state index contributed by atoms with van der Waals surface area (Å²) in [4.78, 5) is 12.7. The Bertz CT molecular complexity index is 1250. The Hall–Kier alpha value is -2.72. The number of amides is 1. The van der Waals surface area contributed by atoms with E-state index in [4.69, 9.17) is 16.3 Å². The van der Waals surface area contributed by atoms with Gasteiger partial charge in [-0.25, -0.2) is 13.8 Å². The lowest BCUT2D eigenvalue weighted by Gasteiger charge is -2.21. The predicted octanol–water partition coefficient (Wildman–Crippen LogP) is 4.84. The molecule has 0 atom stereocenters. The highest BCUT2D eigenvalue weighted by atomic mass is 79.9. The molecule has 0 unspecified atom stereocenters. The van der Waals surface area contributed by atoms with Crippen molar-refractivity contribution in [2.24, 2.45) is 5.10 Å². The lowest BCUT2D eigenvalue weighted by molar-refractivity contribution is -0.121. The molecule has 0 saturated carbocycles. The van der Waals surface area contributed by atoms with E-state index in [9.17, 15) is 13.2 Å². The summed E-state index contributed by atoms with van der Waals surface area (Å²) >= 11 is 9.27. The molecule has 0 saturated heterocycles. The molecule has 0 heterocycles. The second-order valence-corrected chi connectivity index (χ2v) is 10.4. The van der Waals surface area contributed by atoms with Gasteiger partial charge in [-0.1, -0.05) is 51.8 Å². The SMILES string of the molecule is CCOc1ccccc1/C=N\NC(=O)CN(Cc1ccc(Br)cc1)S(=O)(=O)c1ccc(Cl)cc1. The molecular formula is C24H23BrClN3O4S. The van der Waals surface area contributed by atoms with Crippen molar-refractivity contribution in [3.63, 3.8) is 0 Å². The molecule has 0 aromatic heterocycles. The maximum atomic E-state index is 13.3. The summed E-state index contributed by atoms with van der Waals surface area (Å²) in [5, 5.41) is 4.39. The number of hydrogen-bond donors (Lipinski definition) is 1. The van der Waals surface area contributed by atoms with Gasteiger partial charge in [0.15, 0.2) is 0 Å². The van der Waals surface area contributed by atoms with Crippen molar-refractivity contribution in [2.75, 3.05) is 13.2 Å². The second-order valence-electron chi connectivity index (χ2n) is 7.12. The van der Waals surface area contributed by atoms with E-state index < -0.39 is 22.5 Å². The van der Waals surface area contributed by atoms with Gasteiger partial charge in [-0.2, -0.15) is 9.41 Å². The van der Waals surface area contributed by atoms with E-state index in [0.29, 0.717) is 22.9 Å². The van der Waals surface area contributed by atoms with Crippen LogP contribution in [0.3, 0.4) is 0 Å². The molecule has 0 bridgehead atoms. The first-order valence-corrected chi connectivity index (χ1v) is 12.9. The summed E-state index contributed by atoms with van der Waals surface area (Å²) in [5.74, 6) is 0.0463. The number of benzene rings is 3. The van der Waals surface area contributed by atoms with Crippen molar-refractivity contribution in [2.45, 2.75) is 18.4 Å². The van der Waals surface area contributed by atoms with Crippen LogP contribution in [0.1, 0.15) is 18.1 Å². The highest BCUT2D eigenvalue weighted by molar-refractivity contribution is 9.10. The van der Waals surface area contributed by atoms with Gasteiger partial charge in [-0.3, -0.25) is 4.79 Å². The summed E-state index contributed by atoms with van der Waals surface area (Å²) in [7, 11) is -3.98. The van der Waals surface area contributed by atoms with Crippen molar-refractivity contribution in [3.05, 3.63) is 93.4 Å². The lowest BCUT2D eigenvalue weighted by atomic mass is 10.2. The minimum absolute atomic E-state index is 0.00253. The molecule has 10 heteroatoms. The van der Waals surface area contributed by atoms with Gasteiger partial charge in [0.1, 0.15) is 5.75 Å². The Labute approximate surface area is 212 Å². The lowest BCUT2D eigenvalue weighted by Crippen LogP contribution is -2.39. The van der Waals surface area contributed by atoms with E-state index in [0.717, 1.165) is 14.3 Å². The topological polar surface area (TPSA) is 88.1 Å². The van der Waals surface area contributed by atoms with E-state index in [1.165, 1.54) is 30.5 Å². The van der Waals surface area contributed by atoms with E-state index in [2.05, 4.69) is 26.5 Å². The number of carbonyl (C=O) groups is 1. The molecule has 3 rings (SSSR count). The molecule has 178 valence electrons. The van der Waals surface area contributed by atoms with Crippen LogP contribution >= 0.6 is 27.5 Å². The smallest absolute Gasteiger partial charge is 0.255 e. The summed E-state index contributed by atoms with van der Waals surface area (Å²) in [6.07, 6.45) is 1.45. The van der Waals surface area contributed by atoms with Crippen LogP contribution in [0, 0.1) is 0 Å². The van der Waals surface area contributed by atoms with Crippen molar-refractivity contribution < 1.29 is 17.9 Å². The van der Waals surface area contributed by atoms with Gasteiger partial charge in [-0.15, -0.1) is 0 Å². The summed E-state index contributed by atoms with van der Waals surface area (Å²) < 4.78 is 34.1. The third-order valence-corrected chi connectivity index (χ3v) is 7.24.